The van der Waals surface area contributed by atoms with Crippen LogP contribution in [-0.4, -0.2) is 17.4 Å². The van der Waals surface area contributed by atoms with Crippen molar-refractivity contribution in [1.82, 2.24) is 5.32 Å². The Morgan fingerprint density at radius 3 is 2.47 bits per heavy atom. The number of nitrogens with zero attached hydrogens (tertiary/aromatic N) is 1. The highest BCUT2D eigenvalue weighted by molar-refractivity contribution is 5.79. The second-order valence-corrected chi connectivity index (χ2v) is 3.55. The van der Waals surface area contributed by atoms with E-state index in [0.717, 1.165) is 5.56 Å². The summed E-state index contributed by atoms with van der Waals surface area (Å²) in [6, 6.07) is 6.36. The van der Waals surface area contributed by atoms with E-state index in [9.17, 15) is 14.9 Å². The molecule has 5 nitrogen and oxygen atoms in total. The van der Waals surface area contributed by atoms with Crippen LogP contribution in [0.4, 0.5) is 5.69 Å². The highest BCUT2D eigenvalue weighted by atomic mass is 16.6. The van der Waals surface area contributed by atoms with Gasteiger partial charge >= 0.3 is 0 Å². The number of hydrogen-bond acceptors (Lipinski definition) is 3. The molecule has 5 heteroatoms. The molecule has 1 aliphatic rings. The van der Waals surface area contributed by atoms with Gasteiger partial charge < -0.3 is 5.32 Å². The smallest absolute Gasteiger partial charge is 0.269 e. The third-order valence-corrected chi connectivity index (χ3v) is 2.55. The van der Waals surface area contributed by atoms with E-state index in [1.807, 2.05) is 0 Å². The summed E-state index contributed by atoms with van der Waals surface area (Å²) in [5.74, 6) is 0.191. The number of carbonyl (C=O) groups is 1. The maximum absolute atomic E-state index is 11.0. The van der Waals surface area contributed by atoms with Crippen molar-refractivity contribution in [2.75, 3.05) is 6.54 Å². The van der Waals surface area contributed by atoms with Crippen LogP contribution in [0.25, 0.3) is 0 Å². The molecule has 15 heavy (non-hydrogen) atoms. The Balaban J connectivity index is 2.17. The van der Waals surface area contributed by atoms with E-state index >= 15 is 0 Å². The van der Waals surface area contributed by atoms with E-state index in [4.69, 9.17) is 0 Å². The van der Waals surface area contributed by atoms with Crippen LogP contribution in [0.5, 0.6) is 0 Å². The van der Waals surface area contributed by atoms with Gasteiger partial charge in [-0.3, -0.25) is 14.9 Å². The number of carbonyl (C=O) groups excluding carboxylic acids is 1. The lowest BCUT2D eigenvalue weighted by Crippen LogP contribution is -2.13. The first-order chi connectivity index (χ1) is 7.16. The number of nitro groups is 1. The number of benzene rings is 1. The van der Waals surface area contributed by atoms with E-state index in [1.54, 1.807) is 12.1 Å². The van der Waals surface area contributed by atoms with Crippen molar-refractivity contribution in [2.24, 2.45) is 0 Å². The van der Waals surface area contributed by atoms with Crippen LogP contribution in [0.1, 0.15) is 17.9 Å². The second kappa shape index (κ2) is 3.68. The summed E-state index contributed by atoms with van der Waals surface area (Å²) in [6.45, 7) is 0.622. The van der Waals surface area contributed by atoms with Gasteiger partial charge in [0.1, 0.15) is 0 Å². The van der Waals surface area contributed by atoms with Crippen LogP contribution in [0.15, 0.2) is 24.3 Å². The van der Waals surface area contributed by atoms with E-state index in [2.05, 4.69) is 5.32 Å². The van der Waals surface area contributed by atoms with Crippen molar-refractivity contribution in [2.45, 2.75) is 12.3 Å². The first kappa shape index (κ1) is 9.64. The zero-order chi connectivity index (χ0) is 10.8. The van der Waals surface area contributed by atoms with Gasteiger partial charge in [0.25, 0.3) is 5.69 Å². The predicted molar refractivity (Wildman–Crippen MR) is 53.5 cm³/mol. The van der Waals surface area contributed by atoms with Gasteiger partial charge in [-0.15, -0.1) is 0 Å². The number of non-ortho nitro benzene ring substituents is 1. The maximum Gasteiger partial charge on any atom is 0.269 e. The maximum atomic E-state index is 11.0. The summed E-state index contributed by atoms with van der Waals surface area (Å²) in [5.41, 5.74) is 1.05. The van der Waals surface area contributed by atoms with Gasteiger partial charge in [-0.1, -0.05) is 12.1 Å². The molecule has 0 unspecified atom stereocenters. The van der Waals surface area contributed by atoms with Crippen LogP contribution in [0.3, 0.4) is 0 Å². The third-order valence-electron chi connectivity index (χ3n) is 2.55. The van der Waals surface area contributed by atoms with Gasteiger partial charge in [-0.05, 0) is 5.56 Å². The van der Waals surface area contributed by atoms with Crippen LogP contribution < -0.4 is 5.32 Å². The molecule has 2 rings (SSSR count). The molecule has 1 aliphatic heterocycles. The Bertz CT molecular complexity index is 400. The van der Waals surface area contributed by atoms with Gasteiger partial charge in [0.15, 0.2) is 0 Å². The largest absolute Gasteiger partial charge is 0.355 e. The number of nitrogens with one attached hydrogen (secondary N) is 1. The van der Waals surface area contributed by atoms with Gasteiger partial charge in [-0.2, -0.15) is 0 Å². The Kier molecular flexibility index (Phi) is 2.37. The van der Waals surface area contributed by atoms with Crippen molar-refractivity contribution in [1.29, 1.82) is 0 Å². The minimum absolute atomic E-state index is 0.0401. The first-order valence-electron chi connectivity index (χ1n) is 4.68. The molecule has 1 atom stereocenters. The molecule has 1 fully saturated rings. The van der Waals surface area contributed by atoms with Gasteiger partial charge in [0, 0.05) is 31.0 Å². The minimum atomic E-state index is -0.429. The van der Waals surface area contributed by atoms with Crippen molar-refractivity contribution in [3.05, 3.63) is 39.9 Å². The molecule has 1 amide bonds. The monoisotopic (exact) mass is 206 g/mol. The molecule has 0 bridgehead atoms. The summed E-state index contributed by atoms with van der Waals surface area (Å²) < 4.78 is 0. The highest BCUT2D eigenvalue weighted by Crippen LogP contribution is 2.24. The van der Waals surface area contributed by atoms with Crippen LogP contribution in [0.2, 0.25) is 0 Å². The average molecular weight is 206 g/mol. The first-order valence-corrected chi connectivity index (χ1v) is 4.68. The van der Waals surface area contributed by atoms with Crippen molar-refractivity contribution in [3.63, 3.8) is 0 Å². The normalized spacial score (nSPS) is 20.0. The lowest BCUT2D eigenvalue weighted by Gasteiger charge is -2.06. The zero-order valence-electron chi connectivity index (χ0n) is 7.97. The fraction of sp³-hybridized carbons (Fsp3) is 0.300. The number of amides is 1. The molecule has 0 saturated carbocycles. The van der Waals surface area contributed by atoms with Crippen LogP contribution in [-0.2, 0) is 4.79 Å². The number of hydrogen-bond donors (Lipinski definition) is 1. The Morgan fingerprint density at radius 1 is 1.33 bits per heavy atom. The summed E-state index contributed by atoms with van der Waals surface area (Å²) in [6.07, 6.45) is 0.470. The molecular formula is C10H10N2O3. The SMILES string of the molecule is O=C1C[C@H](c2ccc([N+](=O)[O-])cc2)CN1. The fourth-order valence-electron chi connectivity index (χ4n) is 1.71. The molecule has 0 radical (unpaired) electrons. The van der Waals surface area contributed by atoms with Gasteiger partial charge in [0.05, 0.1) is 4.92 Å². The Labute approximate surface area is 86.2 Å². The predicted octanol–water partition coefficient (Wildman–Crippen LogP) is 1.20. The Morgan fingerprint density at radius 2 is 2.00 bits per heavy atom. The quantitative estimate of drug-likeness (QED) is 0.583. The second-order valence-electron chi connectivity index (χ2n) is 3.55. The van der Waals surface area contributed by atoms with Crippen molar-refractivity contribution in [3.8, 4) is 0 Å². The average Bonchev–Trinajstić information content (AvgIpc) is 2.65. The molecule has 0 spiro atoms. The van der Waals surface area contributed by atoms with Gasteiger partial charge in [-0.25, -0.2) is 0 Å². The zero-order valence-corrected chi connectivity index (χ0v) is 7.97. The third kappa shape index (κ3) is 1.96. The lowest BCUT2D eigenvalue weighted by atomic mass is 9.98. The summed E-state index contributed by atoms with van der Waals surface area (Å²) in [7, 11) is 0. The van der Waals surface area contributed by atoms with E-state index in [1.165, 1.54) is 12.1 Å². The summed E-state index contributed by atoms with van der Waals surface area (Å²) in [4.78, 5) is 21.0. The number of nitro benzene ring substituents is 1. The van der Waals surface area contributed by atoms with Crippen molar-refractivity contribution < 1.29 is 9.72 Å². The van der Waals surface area contributed by atoms with Gasteiger partial charge in [0.2, 0.25) is 5.91 Å². The summed E-state index contributed by atoms with van der Waals surface area (Å²) >= 11 is 0. The summed E-state index contributed by atoms with van der Waals surface area (Å²) in [5, 5.41) is 13.2. The molecule has 0 aliphatic carbocycles. The van der Waals surface area contributed by atoms with Crippen LogP contribution in [0, 0.1) is 10.1 Å². The lowest BCUT2D eigenvalue weighted by molar-refractivity contribution is -0.384. The molecule has 0 aromatic heterocycles. The molecule has 1 N–H and O–H groups in total. The Hall–Kier alpha value is -1.91. The molecule has 1 aromatic carbocycles. The molecule has 1 aromatic rings. The molecule has 1 heterocycles. The van der Waals surface area contributed by atoms with Crippen molar-refractivity contribution >= 4 is 11.6 Å². The topological polar surface area (TPSA) is 72.2 Å². The molecule has 78 valence electrons. The molecule has 1 saturated heterocycles. The minimum Gasteiger partial charge on any atom is -0.355 e. The fourth-order valence-corrected chi connectivity index (χ4v) is 1.71. The highest BCUT2D eigenvalue weighted by Gasteiger charge is 2.23. The van der Waals surface area contributed by atoms with Crippen LogP contribution >= 0.6 is 0 Å². The van der Waals surface area contributed by atoms with E-state index in [0.29, 0.717) is 13.0 Å². The standard InChI is InChI=1S/C10H10N2O3/c13-10-5-8(6-11-10)7-1-3-9(4-2-7)12(14)15/h1-4,8H,5-6H2,(H,11,13)/t8-/m0/s1. The molecular weight excluding hydrogens is 196 g/mol. The van der Waals surface area contributed by atoms with E-state index in [-0.39, 0.29) is 17.5 Å². The van der Waals surface area contributed by atoms with E-state index < -0.39 is 4.92 Å². The number of rotatable bonds is 2.